The molecular weight excluding hydrogens is 295 g/mol. The van der Waals surface area contributed by atoms with E-state index in [0.717, 1.165) is 5.56 Å². The quantitative estimate of drug-likeness (QED) is 0.946. The van der Waals surface area contributed by atoms with Crippen molar-refractivity contribution in [2.24, 2.45) is 5.92 Å². The second-order valence-corrected chi connectivity index (χ2v) is 5.72. The summed E-state index contributed by atoms with van der Waals surface area (Å²) in [6.07, 6.45) is 0.0893. The predicted octanol–water partition coefficient (Wildman–Crippen LogP) is 3.13. The zero-order chi connectivity index (χ0) is 16.4. The van der Waals surface area contributed by atoms with Gasteiger partial charge in [-0.1, -0.05) is 24.3 Å². The van der Waals surface area contributed by atoms with E-state index in [1.165, 1.54) is 11.0 Å². The van der Waals surface area contributed by atoms with Gasteiger partial charge in [-0.15, -0.1) is 0 Å². The summed E-state index contributed by atoms with van der Waals surface area (Å²) in [4.78, 5) is 25.8. The number of nitrogens with one attached hydrogen (secondary N) is 1. The Morgan fingerprint density at radius 1 is 1.22 bits per heavy atom. The Kier molecular flexibility index (Phi) is 4.10. The van der Waals surface area contributed by atoms with Crippen molar-refractivity contribution in [1.82, 2.24) is 0 Å². The SMILES string of the molecule is Cc1cccc(NC(=O)[C@@H]2CC(=O)N(c3ccccc3F)C2)c1. The summed E-state index contributed by atoms with van der Waals surface area (Å²) in [5.41, 5.74) is 1.97. The van der Waals surface area contributed by atoms with Crippen molar-refractivity contribution >= 4 is 23.2 Å². The summed E-state index contributed by atoms with van der Waals surface area (Å²) >= 11 is 0. The molecule has 1 fully saturated rings. The minimum atomic E-state index is -0.484. The van der Waals surface area contributed by atoms with Crippen molar-refractivity contribution < 1.29 is 14.0 Å². The molecular formula is C18H17FN2O2. The molecule has 0 spiro atoms. The number of aryl methyl sites for hydroxylation is 1. The lowest BCUT2D eigenvalue weighted by Crippen LogP contribution is -2.28. The van der Waals surface area contributed by atoms with Crippen LogP contribution in [0, 0.1) is 18.7 Å². The zero-order valence-electron chi connectivity index (χ0n) is 12.8. The summed E-state index contributed by atoms with van der Waals surface area (Å²) in [5.74, 6) is -1.40. The summed E-state index contributed by atoms with van der Waals surface area (Å²) in [5, 5.41) is 2.82. The fourth-order valence-electron chi connectivity index (χ4n) is 2.75. The van der Waals surface area contributed by atoms with E-state index in [-0.39, 0.29) is 30.5 Å². The van der Waals surface area contributed by atoms with Crippen LogP contribution in [-0.4, -0.2) is 18.4 Å². The molecule has 4 nitrogen and oxygen atoms in total. The maximum Gasteiger partial charge on any atom is 0.229 e. The summed E-state index contributed by atoms with van der Waals surface area (Å²) < 4.78 is 13.8. The topological polar surface area (TPSA) is 49.4 Å². The first-order valence-corrected chi connectivity index (χ1v) is 7.47. The molecule has 2 aromatic rings. The maximum atomic E-state index is 13.8. The molecule has 1 aliphatic heterocycles. The highest BCUT2D eigenvalue weighted by Crippen LogP contribution is 2.28. The van der Waals surface area contributed by atoms with E-state index >= 15 is 0 Å². The lowest BCUT2D eigenvalue weighted by molar-refractivity contribution is -0.122. The molecule has 0 unspecified atom stereocenters. The fourth-order valence-corrected chi connectivity index (χ4v) is 2.75. The third-order valence-corrected chi connectivity index (χ3v) is 3.92. The van der Waals surface area contributed by atoms with E-state index in [1.807, 2.05) is 25.1 Å². The van der Waals surface area contributed by atoms with Gasteiger partial charge in [0.15, 0.2) is 0 Å². The van der Waals surface area contributed by atoms with Crippen molar-refractivity contribution in [1.29, 1.82) is 0 Å². The van der Waals surface area contributed by atoms with Crippen LogP contribution >= 0.6 is 0 Å². The van der Waals surface area contributed by atoms with Crippen molar-refractivity contribution in [2.45, 2.75) is 13.3 Å². The summed E-state index contributed by atoms with van der Waals surface area (Å²) in [6, 6.07) is 13.6. The van der Waals surface area contributed by atoms with Crippen LogP contribution in [-0.2, 0) is 9.59 Å². The number of para-hydroxylation sites is 1. The second-order valence-electron chi connectivity index (χ2n) is 5.72. The van der Waals surface area contributed by atoms with Gasteiger partial charge in [-0.05, 0) is 36.8 Å². The Hall–Kier alpha value is -2.69. The third kappa shape index (κ3) is 3.23. The number of anilines is 2. The summed E-state index contributed by atoms with van der Waals surface area (Å²) in [6.45, 7) is 2.13. The Morgan fingerprint density at radius 2 is 2.00 bits per heavy atom. The van der Waals surface area contributed by atoms with Gasteiger partial charge < -0.3 is 10.2 Å². The van der Waals surface area contributed by atoms with E-state index in [4.69, 9.17) is 0 Å². The molecule has 0 radical (unpaired) electrons. The third-order valence-electron chi connectivity index (χ3n) is 3.92. The smallest absolute Gasteiger partial charge is 0.229 e. The molecule has 0 aliphatic carbocycles. The van der Waals surface area contributed by atoms with Crippen molar-refractivity contribution in [3.8, 4) is 0 Å². The molecule has 118 valence electrons. The van der Waals surface area contributed by atoms with Crippen LogP contribution in [0.3, 0.4) is 0 Å². The number of benzene rings is 2. The van der Waals surface area contributed by atoms with Gasteiger partial charge in [-0.25, -0.2) is 4.39 Å². The van der Waals surface area contributed by atoms with E-state index in [2.05, 4.69) is 5.32 Å². The Bertz CT molecular complexity index is 760. The van der Waals surface area contributed by atoms with Crippen LogP contribution in [0.25, 0.3) is 0 Å². The van der Waals surface area contributed by atoms with Crippen LogP contribution in [0.15, 0.2) is 48.5 Å². The average molecular weight is 312 g/mol. The number of hydrogen-bond donors (Lipinski definition) is 1. The van der Waals surface area contributed by atoms with Crippen molar-refractivity contribution in [2.75, 3.05) is 16.8 Å². The molecule has 1 aliphatic rings. The number of carbonyl (C=O) groups excluding carboxylic acids is 2. The predicted molar refractivity (Wildman–Crippen MR) is 86.7 cm³/mol. The van der Waals surface area contributed by atoms with Gasteiger partial charge in [-0.3, -0.25) is 9.59 Å². The molecule has 0 saturated carbocycles. The lowest BCUT2D eigenvalue weighted by Gasteiger charge is -2.17. The number of rotatable bonds is 3. The molecule has 1 atom stereocenters. The van der Waals surface area contributed by atoms with Crippen LogP contribution in [0.4, 0.5) is 15.8 Å². The van der Waals surface area contributed by atoms with E-state index < -0.39 is 11.7 Å². The highest BCUT2D eigenvalue weighted by Gasteiger charge is 2.36. The normalized spacial score (nSPS) is 17.4. The van der Waals surface area contributed by atoms with Gasteiger partial charge in [0.1, 0.15) is 5.82 Å². The number of nitrogens with zero attached hydrogens (tertiary/aromatic N) is 1. The number of halogens is 1. The Balaban J connectivity index is 1.72. The molecule has 23 heavy (non-hydrogen) atoms. The monoisotopic (exact) mass is 312 g/mol. The van der Waals surface area contributed by atoms with E-state index in [0.29, 0.717) is 5.69 Å². The molecule has 1 saturated heterocycles. The highest BCUT2D eigenvalue weighted by atomic mass is 19.1. The first kappa shape index (κ1) is 15.2. The first-order valence-electron chi connectivity index (χ1n) is 7.47. The van der Waals surface area contributed by atoms with Crippen LogP contribution < -0.4 is 10.2 Å². The van der Waals surface area contributed by atoms with Gasteiger partial charge >= 0.3 is 0 Å². The first-order chi connectivity index (χ1) is 11.0. The van der Waals surface area contributed by atoms with E-state index in [9.17, 15) is 14.0 Å². The van der Waals surface area contributed by atoms with Gasteiger partial charge in [0, 0.05) is 18.7 Å². The standard InChI is InChI=1S/C18H17FN2O2/c1-12-5-4-6-14(9-12)20-18(23)13-10-17(22)21(11-13)16-8-3-2-7-15(16)19/h2-9,13H,10-11H2,1H3,(H,20,23)/t13-/m1/s1. The van der Waals surface area contributed by atoms with Crippen molar-refractivity contribution in [3.63, 3.8) is 0 Å². The molecule has 0 bridgehead atoms. The number of hydrogen-bond acceptors (Lipinski definition) is 2. The maximum absolute atomic E-state index is 13.8. The van der Waals surface area contributed by atoms with Crippen molar-refractivity contribution in [3.05, 3.63) is 59.9 Å². The average Bonchev–Trinajstić information content (AvgIpc) is 2.90. The molecule has 2 aromatic carbocycles. The van der Waals surface area contributed by atoms with Crippen LogP contribution in [0.5, 0.6) is 0 Å². The second kappa shape index (κ2) is 6.20. The van der Waals surface area contributed by atoms with E-state index in [1.54, 1.807) is 24.3 Å². The minimum Gasteiger partial charge on any atom is -0.326 e. The Labute approximate surface area is 133 Å². The highest BCUT2D eigenvalue weighted by molar-refractivity contribution is 6.03. The molecule has 1 heterocycles. The number of carbonyl (C=O) groups is 2. The van der Waals surface area contributed by atoms with Gasteiger partial charge in [-0.2, -0.15) is 0 Å². The molecule has 0 aromatic heterocycles. The molecule has 2 amide bonds. The molecule has 1 N–H and O–H groups in total. The number of amides is 2. The van der Waals surface area contributed by atoms with Gasteiger partial charge in [0.25, 0.3) is 0 Å². The van der Waals surface area contributed by atoms with Crippen LogP contribution in [0.1, 0.15) is 12.0 Å². The van der Waals surface area contributed by atoms with Gasteiger partial charge in [0.05, 0.1) is 11.6 Å². The van der Waals surface area contributed by atoms with Crippen LogP contribution in [0.2, 0.25) is 0 Å². The summed E-state index contributed by atoms with van der Waals surface area (Å²) in [7, 11) is 0. The minimum absolute atomic E-state index is 0.0893. The molecule has 5 heteroatoms. The zero-order valence-corrected chi connectivity index (χ0v) is 12.8. The Morgan fingerprint density at radius 3 is 2.74 bits per heavy atom. The molecule has 3 rings (SSSR count). The fraction of sp³-hybridized carbons (Fsp3) is 0.222. The van der Waals surface area contributed by atoms with Gasteiger partial charge in [0.2, 0.25) is 11.8 Å². The lowest BCUT2D eigenvalue weighted by atomic mass is 10.1. The largest absolute Gasteiger partial charge is 0.326 e.